The number of hydrogen-bond donors (Lipinski definition) is 2. The molecule has 4 aromatic rings. The fraction of sp³-hybridized carbons (Fsp3) is 0.129. The molecule has 0 saturated carbocycles. The molecule has 0 aromatic heterocycles. The number of hydrazone groups is 1. The van der Waals surface area contributed by atoms with Gasteiger partial charge >= 0.3 is 0 Å². The zero-order chi connectivity index (χ0) is 30.8. The Kier molecular flexibility index (Phi) is 10.1. The molecular formula is C31H29FN4O6S. The SMILES string of the molecule is COc1ccc(S(=O)(=O)N(CC(=O)N/N=C\c2ccc(OCC(=O)Nc3ccc(F)cc3)cc2)c2ccc(C)cc2)cc1. The fourth-order valence-corrected chi connectivity index (χ4v) is 5.20. The Morgan fingerprint density at radius 1 is 0.860 bits per heavy atom. The Hall–Kier alpha value is -5.23. The Labute approximate surface area is 248 Å². The number of nitrogens with zero attached hydrogens (tertiary/aromatic N) is 2. The molecule has 43 heavy (non-hydrogen) atoms. The van der Waals surface area contributed by atoms with Crippen molar-refractivity contribution in [2.45, 2.75) is 11.8 Å². The molecule has 0 radical (unpaired) electrons. The van der Waals surface area contributed by atoms with Crippen LogP contribution in [0, 0.1) is 12.7 Å². The third-order valence-corrected chi connectivity index (χ3v) is 7.83. The number of benzene rings is 4. The molecule has 2 N–H and O–H groups in total. The van der Waals surface area contributed by atoms with E-state index in [1.165, 1.54) is 61.9 Å². The van der Waals surface area contributed by atoms with Gasteiger partial charge in [-0.15, -0.1) is 0 Å². The van der Waals surface area contributed by atoms with Crippen LogP contribution < -0.4 is 24.5 Å². The van der Waals surface area contributed by atoms with Gasteiger partial charge in [0, 0.05) is 5.69 Å². The Bertz CT molecular complexity index is 1680. The first-order valence-corrected chi connectivity index (χ1v) is 14.4. The molecule has 10 nitrogen and oxygen atoms in total. The minimum absolute atomic E-state index is 0.000390. The van der Waals surface area contributed by atoms with E-state index < -0.39 is 34.2 Å². The van der Waals surface area contributed by atoms with Gasteiger partial charge in [-0.3, -0.25) is 13.9 Å². The number of anilines is 2. The van der Waals surface area contributed by atoms with Gasteiger partial charge in [-0.05, 0) is 97.4 Å². The molecule has 0 heterocycles. The van der Waals surface area contributed by atoms with E-state index in [1.807, 2.05) is 6.92 Å². The van der Waals surface area contributed by atoms with Crippen molar-refractivity contribution in [1.29, 1.82) is 0 Å². The monoisotopic (exact) mass is 604 g/mol. The molecule has 4 rings (SSSR count). The lowest BCUT2D eigenvalue weighted by molar-refractivity contribution is -0.119. The normalized spacial score (nSPS) is 11.1. The molecule has 0 aliphatic rings. The molecule has 4 aromatic carbocycles. The maximum atomic E-state index is 13.5. The van der Waals surface area contributed by atoms with Crippen LogP contribution in [0.3, 0.4) is 0 Å². The van der Waals surface area contributed by atoms with Crippen LogP contribution in [0.2, 0.25) is 0 Å². The van der Waals surface area contributed by atoms with Gasteiger partial charge in [-0.25, -0.2) is 18.2 Å². The summed E-state index contributed by atoms with van der Waals surface area (Å²) in [6, 6.07) is 24.6. The molecule has 0 spiro atoms. The summed E-state index contributed by atoms with van der Waals surface area (Å²) in [4.78, 5) is 24.8. The van der Waals surface area contributed by atoms with Crippen LogP contribution in [0.15, 0.2) is 107 Å². The highest BCUT2D eigenvalue weighted by Gasteiger charge is 2.27. The third-order valence-electron chi connectivity index (χ3n) is 6.04. The van der Waals surface area contributed by atoms with Gasteiger partial charge in [0.1, 0.15) is 23.9 Å². The molecule has 2 amide bonds. The maximum Gasteiger partial charge on any atom is 0.264 e. The number of halogens is 1. The molecule has 0 fully saturated rings. The number of rotatable bonds is 12. The van der Waals surface area contributed by atoms with Gasteiger partial charge < -0.3 is 14.8 Å². The molecule has 0 saturated heterocycles. The van der Waals surface area contributed by atoms with Crippen molar-refractivity contribution >= 4 is 39.4 Å². The van der Waals surface area contributed by atoms with Crippen LogP contribution in [-0.4, -0.2) is 46.7 Å². The third kappa shape index (κ3) is 8.63. The first kappa shape index (κ1) is 30.7. The lowest BCUT2D eigenvalue weighted by Crippen LogP contribution is -2.39. The van der Waals surface area contributed by atoms with Crippen LogP contribution >= 0.6 is 0 Å². The second-order valence-corrected chi connectivity index (χ2v) is 11.1. The summed E-state index contributed by atoms with van der Waals surface area (Å²) in [7, 11) is -2.61. The van der Waals surface area contributed by atoms with Gasteiger partial charge in [0.25, 0.3) is 21.8 Å². The Morgan fingerprint density at radius 2 is 1.49 bits per heavy atom. The lowest BCUT2D eigenvalue weighted by Gasteiger charge is -2.24. The highest BCUT2D eigenvalue weighted by atomic mass is 32.2. The van der Waals surface area contributed by atoms with E-state index in [1.54, 1.807) is 48.5 Å². The number of carbonyl (C=O) groups excluding carboxylic acids is 2. The Balaban J connectivity index is 1.35. The van der Waals surface area contributed by atoms with Gasteiger partial charge in [0.05, 0.1) is 23.9 Å². The number of amides is 2. The molecule has 0 aliphatic heterocycles. The van der Waals surface area contributed by atoms with Crippen molar-refractivity contribution < 1.29 is 31.9 Å². The fourth-order valence-electron chi connectivity index (χ4n) is 3.77. The summed E-state index contributed by atoms with van der Waals surface area (Å²) in [5, 5.41) is 6.54. The van der Waals surface area contributed by atoms with Gasteiger partial charge in [0.15, 0.2) is 6.61 Å². The molecule has 12 heteroatoms. The first-order valence-electron chi connectivity index (χ1n) is 13.0. The van der Waals surface area contributed by atoms with E-state index in [2.05, 4.69) is 15.8 Å². The molecular weight excluding hydrogens is 575 g/mol. The summed E-state index contributed by atoms with van der Waals surface area (Å²) in [6.07, 6.45) is 1.39. The number of aryl methyl sites for hydroxylation is 1. The van der Waals surface area contributed by atoms with Crippen LogP contribution in [0.1, 0.15) is 11.1 Å². The van der Waals surface area contributed by atoms with Crippen molar-refractivity contribution in [3.63, 3.8) is 0 Å². The number of sulfonamides is 1. The number of carbonyl (C=O) groups is 2. The van der Waals surface area contributed by atoms with Crippen molar-refractivity contribution in [2.24, 2.45) is 5.10 Å². The highest BCUT2D eigenvalue weighted by molar-refractivity contribution is 7.92. The molecule has 0 atom stereocenters. The standard InChI is InChI=1S/C31H29FN4O6S/c1-22-3-11-26(12-4-22)36(43(39,40)29-17-15-27(41-2)16-18-29)20-30(37)35-33-19-23-5-13-28(14-6-23)42-21-31(38)34-25-9-7-24(32)8-10-25/h3-19H,20-21H2,1-2H3,(H,34,38)(H,35,37)/b33-19-. The quantitative estimate of drug-likeness (QED) is 0.181. The molecule has 222 valence electrons. The summed E-state index contributed by atoms with van der Waals surface area (Å²) in [5.41, 5.74) is 4.68. The van der Waals surface area contributed by atoms with Gasteiger partial charge in [0.2, 0.25) is 0 Å². The maximum absolute atomic E-state index is 13.5. The van der Waals surface area contributed by atoms with E-state index >= 15 is 0 Å². The number of methoxy groups -OCH3 is 1. The van der Waals surface area contributed by atoms with E-state index in [-0.39, 0.29) is 11.5 Å². The second kappa shape index (κ2) is 14.1. The van der Waals surface area contributed by atoms with Crippen molar-refractivity contribution in [1.82, 2.24) is 5.43 Å². The van der Waals surface area contributed by atoms with E-state index in [0.717, 1.165) is 9.87 Å². The van der Waals surface area contributed by atoms with Crippen molar-refractivity contribution in [3.8, 4) is 11.5 Å². The van der Waals surface area contributed by atoms with E-state index in [0.29, 0.717) is 28.4 Å². The largest absolute Gasteiger partial charge is 0.497 e. The van der Waals surface area contributed by atoms with Crippen molar-refractivity contribution in [2.75, 3.05) is 29.9 Å². The van der Waals surface area contributed by atoms with E-state index in [9.17, 15) is 22.4 Å². The average molecular weight is 605 g/mol. The van der Waals surface area contributed by atoms with Crippen LogP contribution in [0.25, 0.3) is 0 Å². The molecule has 0 aliphatic carbocycles. The van der Waals surface area contributed by atoms with E-state index in [4.69, 9.17) is 9.47 Å². The lowest BCUT2D eigenvalue weighted by atomic mass is 10.2. The number of nitrogens with one attached hydrogen (secondary N) is 2. The summed E-state index contributed by atoms with van der Waals surface area (Å²) in [6.45, 7) is 1.11. The molecule has 0 bridgehead atoms. The summed E-state index contributed by atoms with van der Waals surface area (Å²) >= 11 is 0. The van der Waals surface area contributed by atoms with Gasteiger partial charge in [-0.2, -0.15) is 5.10 Å². The minimum Gasteiger partial charge on any atom is -0.497 e. The Morgan fingerprint density at radius 3 is 2.12 bits per heavy atom. The number of ether oxygens (including phenoxy) is 2. The summed E-state index contributed by atoms with van der Waals surface area (Å²) in [5.74, 6) is -0.540. The zero-order valence-electron chi connectivity index (χ0n) is 23.4. The predicted octanol–water partition coefficient (Wildman–Crippen LogP) is 4.51. The topological polar surface area (TPSA) is 126 Å². The second-order valence-electron chi connectivity index (χ2n) is 9.23. The predicted molar refractivity (Wildman–Crippen MR) is 161 cm³/mol. The summed E-state index contributed by atoms with van der Waals surface area (Å²) < 4.78 is 51.6. The zero-order valence-corrected chi connectivity index (χ0v) is 24.2. The van der Waals surface area contributed by atoms with Crippen molar-refractivity contribution in [3.05, 3.63) is 114 Å². The minimum atomic E-state index is -4.09. The average Bonchev–Trinajstić information content (AvgIpc) is 3.01. The highest BCUT2D eigenvalue weighted by Crippen LogP contribution is 2.25. The van der Waals surface area contributed by atoms with Gasteiger partial charge in [-0.1, -0.05) is 17.7 Å². The van der Waals surface area contributed by atoms with Crippen LogP contribution in [0.5, 0.6) is 11.5 Å². The molecule has 0 unspecified atom stereocenters. The smallest absolute Gasteiger partial charge is 0.264 e. The number of hydrogen-bond acceptors (Lipinski definition) is 7. The first-order chi connectivity index (χ1) is 20.6. The van der Waals surface area contributed by atoms with Crippen LogP contribution in [0.4, 0.5) is 15.8 Å². The van der Waals surface area contributed by atoms with Crippen LogP contribution in [-0.2, 0) is 19.6 Å².